The van der Waals surface area contributed by atoms with Crippen LogP contribution in [0.5, 0.6) is 5.75 Å². The van der Waals surface area contributed by atoms with Gasteiger partial charge in [0.2, 0.25) is 17.7 Å². The summed E-state index contributed by atoms with van der Waals surface area (Å²) < 4.78 is 5.18. The van der Waals surface area contributed by atoms with Gasteiger partial charge in [0.05, 0.1) is 13.0 Å². The normalized spacial score (nSPS) is 18.1. The molecule has 0 spiro atoms. The SMILES string of the molecule is COc1cccc(C[C@@H](NC(C)=O)C(=O)N2CC[C@H](C(N)=O)C2)c1. The van der Waals surface area contributed by atoms with Crippen molar-refractivity contribution in [2.45, 2.75) is 25.8 Å². The number of carbonyl (C=O) groups is 3. The van der Waals surface area contributed by atoms with E-state index in [9.17, 15) is 14.4 Å². The van der Waals surface area contributed by atoms with Gasteiger partial charge < -0.3 is 20.7 Å². The molecule has 1 aromatic rings. The first kappa shape index (κ1) is 17.8. The van der Waals surface area contributed by atoms with Crippen LogP contribution >= 0.6 is 0 Å². The number of nitrogens with two attached hydrogens (primary N) is 1. The van der Waals surface area contributed by atoms with Crippen molar-refractivity contribution in [3.05, 3.63) is 29.8 Å². The van der Waals surface area contributed by atoms with E-state index in [0.717, 1.165) is 5.56 Å². The Hall–Kier alpha value is -2.57. The van der Waals surface area contributed by atoms with Crippen molar-refractivity contribution in [3.63, 3.8) is 0 Å². The zero-order valence-electron chi connectivity index (χ0n) is 14.0. The lowest BCUT2D eigenvalue weighted by Gasteiger charge is -2.24. The lowest BCUT2D eigenvalue weighted by molar-refractivity contribution is -0.135. The summed E-state index contributed by atoms with van der Waals surface area (Å²) in [4.78, 5) is 37.1. The second-order valence-corrected chi connectivity index (χ2v) is 5.98. The number of likely N-dealkylation sites (tertiary alicyclic amines) is 1. The summed E-state index contributed by atoms with van der Waals surface area (Å²) in [7, 11) is 1.57. The van der Waals surface area contributed by atoms with Gasteiger partial charge in [-0.25, -0.2) is 0 Å². The number of carbonyl (C=O) groups excluding carboxylic acids is 3. The van der Waals surface area contributed by atoms with Crippen LogP contribution in [0.1, 0.15) is 18.9 Å². The number of hydrogen-bond acceptors (Lipinski definition) is 4. The molecule has 0 unspecified atom stereocenters. The molecule has 1 aliphatic heterocycles. The number of nitrogens with zero attached hydrogens (tertiary/aromatic N) is 1. The number of primary amides is 1. The Morgan fingerprint density at radius 1 is 1.42 bits per heavy atom. The fourth-order valence-corrected chi connectivity index (χ4v) is 2.89. The Labute approximate surface area is 141 Å². The van der Waals surface area contributed by atoms with Crippen LogP contribution in [0.2, 0.25) is 0 Å². The topological polar surface area (TPSA) is 102 Å². The van der Waals surface area contributed by atoms with Gasteiger partial charge in [0.25, 0.3) is 0 Å². The Kier molecular flexibility index (Phi) is 5.78. The second-order valence-electron chi connectivity index (χ2n) is 5.98. The van der Waals surface area contributed by atoms with Crippen molar-refractivity contribution in [2.75, 3.05) is 20.2 Å². The van der Waals surface area contributed by atoms with Crippen LogP contribution < -0.4 is 15.8 Å². The molecule has 0 aliphatic carbocycles. The smallest absolute Gasteiger partial charge is 0.245 e. The maximum Gasteiger partial charge on any atom is 0.245 e. The molecule has 1 aromatic carbocycles. The molecule has 1 fully saturated rings. The van der Waals surface area contributed by atoms with Gasteiger partial charge >= 0.3 is 0 Å². The molecule has 3 N–H and O–H groups in total. The Balaban J connectivity index is 2.11. The van der Waals surface area contributed by atoms with Crippen LogP contribution in [0.25, 0.3) is 0 Å². The zero-order chi connectivity index (χ0) is 17.7. The van der Waals surface area contributed by atoms with Gasteiger partial charge in [-0.05, 0) is 24.1 Å². The molecule has 2 atom stereocenters. The zero-order valence-corrected chi connectivity index (χ0v) is 14.0. The van der Waals surface area contributed by atoms with Crippen molar-refractivity contribution < 1.29 is 19.1 Å². The molecule has 0 saturated carbocycles. The summed E-state index contributed by atoms with van der Waals surface area (Å²) in [5, 5.41) is 2.70. The minimum absolute atomic E-state index is 0.197. The Bertz CT molecular complexity index is 632. The van der Waals surface area contributed by atoms with Crippen LogP contribution in [0.3, 0.4) is 0 Å². The van der Waals surface area contributed by atoms with Crippen molar-refractivity contribution in [3.8, 4) is 5.75 Å². The summed E-state index contributed by atoms with van der Waals surface area (Å²) in [6.07, 6.45) is 0.917. The minimum atomic E-state index is -0.679. The van der Waals surface area contributed by atoms with E-state index >= 15 is 0 Å². The molecule has 0 bridgehead atoms. The third-order valence-electron chi connectivity index (χ3n) is 4.15. The first-order valence-electron chi connectivity index (χ1n) is 7.89. The molecule has 0 aromatic heterocycles. The standard InChI is InChI=1S/C17H23N3O4/c1-11(21)19-15(9-12-4-3-5-14(8-12)24-2)17(23)20-7-6-13(10-20)16(18)22/h3-5,8,13,15H,6-7,9-10H2,1-2H3,(H2,18,22)(H,19,21)/t13-,15+/m0/s1. The number of benzene rings is 1. The fourth-order valence-electron chi connectivity index (χ4n) is 2.89. The van der Waals surface area contributed by atoms with E-state index in [-0.39, 0.29) is 17.7 Å². The first-order chi connectivity index (χ1) is 11.4. The van der Waals surface area contributed by atoms with Crippen LogP contribution in [0.15, 0.2) is 24.3 Å². The van der Waals surface area contributed by atoms with Crippen molar-refractivity contribution in [1.82, 2.24) is 10.2 Å². The number of hydrogen-bond donors (Lipinski definition) is 2. The molecule has 24 heavy (non-hydrogen) atoms. The number of amides is 3. The molecule has 7 heteroatoms. The largest absolute Gasteiger partial charge is 0.497 e. The third-order valence-corrected chi connectivity index (χ3v) is 4.15. The average molecular weight is 333 g/mol. The average Bonchev–Trinajstić information content (AvgIpc) is 3.03. The molecule has 1 aliphatic rings. The lowest BCUT2D eigenvalue weighted by Crippen LogP contribution is -2.48. The quantitative estimate of drug-likeness (QED) is 0.769. The van der Waals surface area contributed by atoms with E-state index in [1.807, 2.05) is 24.3 Å². The summed E-state index contributed by atoms with van der Waals surface area (Å²) in [6.45, 7) is 2.16. The monoisotopic (exact) mass is 333 g/mol. The van der Waals surface area contributed by atoms with Gasteiger partial charge in [0, 0.05) is 26.4 Å². The fraction of sp³-hybridized carbons (Fsp3) is 0.471. The van der Waals surface area contributed by atoms with Crippen LogP contribution in [0, 0.1) is 5.92 Å². The van der Waals surface area contributed by atoms with Crippen molar-refractivity contribution in [1.29, 1.82) is 0 Å². The predicted octanol–water partition coefficient (Wildman–Crippen LogP) is 0.0762. The van der Waals surface area contributed by atoms with Crippen molar-refractivity contribution >= 4 is 17.7 Å². The Morgan fingerprint density at radius 3 is 2.75 bits per heavy atom. The summed E-state index contributed by atoms with van der Waals surface area (Å²) in [5.74, 6) is -0.493. The molecule has 1 saturated heterocycles. The van der Waals surface area contributed by atoms with E-state index in [0.29, 0.717) is 31.7 Å². The molecular weight excluding hydrogens is 310 g/mol. The van der Waals surface area contributed by atoms with Gasteiger partial charge in [-0.15, -0.1) is 0 Å². The minimum Gasteiger partial charge on any atom is -0.497 e. The lowest BCUT2D eigenvalue weighted by atomic mass is 10.0. The highest BCUT2D eigenvalue weighted by atomic mass is 16.5. The third kappa shape index (κ3) is 4.47. The summed E-state index contributed by atoms with van der Waals surface area (Å²) >= 11 is 0. The van der Waals surface area contributed by atoms with E-state index in [2.05, 4.69) is 5.32 Å². The van der Waals surface area contributed by atoms with E-state index in [4.69, 9.17) is 10.5 Å². The molecule has 3 amide bonds. The van der Waals surface area contributed by atoms with Crippen LogP contribution in [-0.2, 0) is 20.8 Å². The number of ether oxygens (including phenoxy) is 1. The maximum atomic E-state index is 12.7. The van der Waals surface area contributed by atoms with Gasteiger partial charge in [-0.2, -0.15) is 0 Å². The predicted molar refractivity (Wildman–Crippen MR) is 88.2 cm³/mol. The molecule has 7 nitrogen and oxygen atoms in total. The van der Waals surface area contributed by atoms with Gasteiger partial charge in [-0.1, -0.05) is 12.1 Å². The Morgan fingerprint density at radius 2 is 2.17 bits per heavy atom. The second kappa shape index (κ2) is 7.81. The van der Waals surface area contributed by atoms with Crippen LogP contribution in [-0.4, -0.2) is 48.9 Å². The highest BCUT2D eigenvalue weighted by molar-refractivity contribution is 5.88. The first-order valence-corrected chi connectivity index (χ1v) is 7.89. The molecule has 1 heterocycles. The van der Waals surface area contributed by atoms with Gasteiger partial charge in [-0.3, -0.25) is 14.4 Å². The van der Waals surface area contributed by atoms with E-state index in [1.54, 1.807) is 12.0 Å². The molecule has 130 valence electrons. The van der Waals surface area contributed by atoms with Crippen LogP contribution in [0.4, 0.5) is 0 Å². The van der Waals surface area contributed by atoms with Gasteiger partial charge in [0.15, 0.2) is 0 Å². The number of methoxy groups -OCH3 is 1. The van der Waals surface area contributed by atoms with Crippen molar-refractivity contribution in [2.24, 2.45) is 11.7 Å². The van der Waals surface area contributed by atoms with E-state index < -0.39 is 11.9 Å². The highest BCUT2D eigenvalue weighted by Gasteiger charge is 2.33. The molecule has 0 radical (unpaired) electrons. The van der Waals surface area contributed by atoms with Gasteiger partial charge in [0.1, 0.15) is 11.8 Å². The number of rotatable bonds is 6. The molecule has 2 rings (SSSR count). The van der Waals surface area contributed by atoms with E-state index in [1.165, 1.54) is 6.92 Å². The number of nitrogens with one attached hydrogen (secondary N) is 1. The highest BCUT2D eigenvalue weighted by Crippen LogP contribution is 2.19. The molecular formula is C17H23N3O4. The maximum absolute atomic E-state index is 12.7. The summed E-state index contributed by atoms with van der Waals surface area (Å²) in [6, 6.07) is 6.68. The summed E-state index contributed by atoms with van der Waals surface area (Å²) in [5.41, 5.74) is 6.19.